The van der Waals surface area contributed by atoms with E-state index < -0.39 is 5.76 Å². The summed E-state index contributed by atoms with van der Waals surface area (Å²) in [5.41, 5.74) is 5.61. The molecule has 29 heavy (non-hydrogen) atoms. The van der Waals surface area contributed by atoms with Crippen molar-refractivity contribution in [2.24, 2.45) is 0 Å². The van der Waals surface area contributed by atoms with Crippen molar-refractivity contribution in [1.82, 2.24) is 15.0 Å². The molecule has 4 aromatic rings. The van der Waals surface area contributed by atoms with Crippen molar-refractivity contribution in [2.45, 2.75) is 20.8 Å². The van der Waals surface area contributed by atoms with Gasteiger partial charge in [0.1, 0.15) is 11.6 Å². The molecule has 8 nitrogen and oxygen atoms in total. The highest BCUT2D eigenvalue weighted by Crippen LogP contribution is 2.26. The summed E-state index contributed by atoms with van der Waals surface area (Å²) in [7, 11) is 1.63. The van der Waals surface area contributed by atoms with Gasteiger partial charge in [-0.2, -0.15) is 4.98 Å². The van der Waals surface area contributed by atoms with Crippen molar-refractivity contribution in [1.29, 1.82) is 0 Å². The van der Waals surface area contributed by atoms with Gasteiger partial charge < -0.3 is 19.8 Å². The van der Waals surface area contributed by atoms with Crippen molar-refractivity contribution in [3.63, 3.8) is 0 Å². The van der Waals surface area contributed by atoms with E-state index in [0.29, 0.717) is 22.9 Å². The van der Waals surface area contributed by atoms with Crippen molar-refractivity contribution < 1.29 is 9.15 Å². The van der Waals surface area contributed by atoms with Crippen molar-refractivity contribution in [3.05, 3.63) is 63.8 Å². The molecular formula is C21H21N5O3. The van der Waals surface area contributed by atoms with Crippen LogP contribution in [-0.4, -0.2) is 22.1 Å². The van der Waals surface area contributed by atoms with Crippen LogP contribution in [0.25, 0.3) is 11.1 Å². The number of aromatic nitrogens is 3. The second kappa shape index (κ2) is 7.31. The Balaban J connectivity index is 1.64. The van der Waals surface area contributed by atoms with E-state index in [4.69, 9.17) is 9.15 Å². The van der Waals surface area contributed by atoms with Crippen LogP contribution in [0.2, 0.25) is 0 Å². The third-order valence-electron chi connectivity index (χ3n) is 4.48. The minimum absolute atomic E-state index is 0.459. The molecule has 0 radical (unpaired) electrons. The van der Waals surface area contributed by atoms with E-state index in [1.807, 2.05) is 51.1 Å². The molecule has 0 bridgehead atoms. The van der Waals surface area contributed by atoms with E-state index in [1.54, 1.807) is 13.3 Å². The fraction of sp³-hybridized carbons (Fsp3) is 0.190. The van der Waals surface area contributed by atoms with Gasteiger partial charge in [0, 0.05) is 29.2 Å². The fourth-order valence-corrected chi connectivity index (χ4v) is 3.14. The Morgan fingerprint density at radius 2 is 1.79 bits per heavy atom. The number of hydrogen-bond acceptors (Lipinski definition) is 7. The lowest BCUT2D eigenvalue weighted by molar-refractivity contribution is 0.414. The van der Waals surface area contributed by atoms with Gasteiger partial charge in [-0.15, -0.1) is 0 Å². The molecule has 3 N–H and O–H groups in total. The van der Waals surface area contributed by atoms with Gasteiger partial charge >= 0.3 is 5.76 Å². The number of anilines is 4. The lowest BCUT2D eigenvalue weighted by Gasteiger charge is -2.12. The summed E-state index contributed by atoms with van der Waals surface area (Å²) in [6.07, 6.45) is 1.75. The van der Waals surface area contributed by atoms with Gasteiger partial charge in [-0.1, -0.05) is 0 Å². The Kier molecular flexibility index (Phi) is 4.67. The number of hydrogen-bond donors (Lipinski definition) is 3. The number of fused-ring (bicyclic) bond motifs is 1. The van der Waals surface area contributed by atoms with E-state index in [2.05, 4.69) is 25.6 Å². The van der Waals surface area contributed by atoms with Crippen molar-refractivity contribution in [2.75, 3.05) is 17.7 Å². The van der Waals surface area contributed by atoms with Crippen LogP contribution in [0.1, 0.15) is 16.7 Å². The van der Waals surface area contributed by atoms with Crippen LogP contribution in [0, 0.1) is 20.8 Å². The first kappa shape index (κ1) is 18.5. The highest BCUT2D eigenvalue weighted by molar-refractivity contribution is 5.81. The third-order valence-corrected chi connectivity index (χ3v) is 4.48. The first-order chi connectivity index (χ1) is 13.9. The number of H-pyrrole nitrogens is 1. The molecule has 0 atom stereocenters. The first-order valence-corrected chi connectivity index (χ1v) is 9.08. The number of benzene rings is 2. The van der Waals surface area contributed by atoms with Gasteiger partial charge in [-0.05, 0) is 56.2 Å². The van der Waals surface area contributed by atoms with Gasteiger partial charge in [-0.25, -0.2) is 9.78 Å². The zero-order valence-electron chi connectivity index (χ0n) is 16.6. The third kappa shape index (κ3) is 3.91. The number of aryl methyl sites for hydroxylation is 3. The van der Waals surface area contributed by atoms with Gasteiger partial charge in [0.05, 0.1) is 12.6 Å². The summed E-state index contributed by atoms with van der Waals surface area (Å²) in [5.74, 6) is 1.40. The van der Waals surface area contributed by atoms with E-state index >= 15 is 0 Å². The quantitative estimate of drug-likeness (QED) is 0.465. The molecule has 2 aromatic heterocycles. The molecule has 148 valence electrons. The van der Waals surface area contributed by atoms with Crippen LogP contribution in [0.4, 0.5) is 23.1 Å². The lowest BCUT2D eigenvalue weighted by atomic mass is 10.2. The second-order valence-electron chi connectivity index (χ2n) is 6.90. The van der Waals surface area contributed by atoms with Gasteiger partial charge in [0.25, 0.3) is 0 Å². The summed E-state index contributed by atoms with van der Waals surface area (Å²) in [4.78, 5) is 23.1. The lowest BCUT2D eigenvalue weighted by Crippen LogP contribution is -2.03. The maximum absolute atomic E-state index is 11.5. The summed E-state index contributed by atoms with van der Waals surface area (Å²) < 4.78 is 10.5. The molecule has 0 fully saturated rings. The second-order valence-corrected chi connectivity index (χ2v) is 6.90. The monoisotopic (exact) mass is 391 g/mol. The number of rotatable bonds is 5. The zero-order valence-corrected chi connectivity index (χ0v) is 16.6. The summed E-state index contributed by atoms with van der Waals surface area (Å²) in [5, 5.41) is 6.51. The molecule has 0 saturated carbocycles. The number of oxazole rings is 1. The molecular weight excluding hydrogens is 370 g/mol. The maximum atomic E-state index is 11.5. The molecule has 0 aliphatic rings. The SMILES string of the molecule is COc1cc(C)cc(Nc2ncc(C)c(Nc3cc(C)c4oc(=O)[nH]c4c3)n2)c1. The average Bonchev–Trinajstić information content (AvgIpc) is 3.05. The van der Waals surface area contributed by atoms with Crippen LogP contribution in [0.5, 0.6) is 5.75 Å². The number of nitrogens with zero attached hydrogens (tertiary/aromatic N) is 2. The van der Waals surface area contributed by atoms with E-state index in [0.717, 1.165) is 33.8 Å². The molecule has 0 aliphatic carbocycles. The van der Waals surface area contributed by atoms with Gasteiger partial charge in [-0.3, -0.25) is 4.98 Å². The molecule has 0 aliphatic heterocycles. The molecule has 8 heteroatoms. The predicted molar refractivity (Wildman–Crippen MR) is 113 cm³/mol. The van der Waals surface area contributed by atoms with Crippen LogP contribution in [0.15, 0.2) is 45.7 Å². The van der Waals surface area contributed by atoms with Crippen molar-refractivity contribution >= 4 is 34.2 Å². The van der Waals surface area contributed by atoms with Crippen molar-refractivity contribution in [3.8, 4) is 5.75 Å². The average molecular weight is 391 g/mol. The van der Waals surface area contributed by atoms with Crippen LogP contribution in [-0.2, 0) is 0 Å². The Morgan fingerprint density at radius 3 is 2.59 bits per heavy atom. The largest absolute Gasteiger partial charge is 0.497 e. The first-order valence-electron chi connectivity index (χ1n) is 9.08. The Hall–Kier alpha value is -3.81. The molecule has 0 spiro atoms. The fourth-order valence-electron chi connectivity index (χ4n) is 3.14. The van der Waals surface area contributed by atoms with Crippen LogP contribution < -0.4 is 21.1 Å². The summed E-state index contributed by atoms with van der Waals surface area (Å²) in [6.45, 7) is 5.80. The zero-order chi connectivity index (χ0) is 20.5. The van der Waals surface area contributed by atoms with Crippen LogP contribution >= 0.6 is 0 Å². The van der Waals surface area contributed by atoms with Gasteiger partial charge in [0.2, 0.25) is 5.95 Å². The highest BCUT2D eigenvalue weighted by atomic mass is 16.5. The standard InChI is InChI=1S/C21H21N5O3/c1-11-5-14(8-16(6-11)28-4)24-20-22-10-13(3)19(26-20)23-15-7-12(2)18-17(9-15)25-21(27)29-18/h5-10H,1-4H3,(H,25,27)(H2,22,23,24,26). The molecule has 2 heterocycles. The van der Waals surface area contributed by atoms with Crippen LogP contribution in [0.3, 0.4) is 0 Å². The number of methoxy groups -OCH3 is 1. The predicted octanol–water partition coefficient (Wildman–Crippen LogP) is 4.33. The molecule has 0 saturated heterocycles. The van der Waals surface area contributed by atoms with E-state index in [-0.39, 0.29) is 0 Å². The van der Waals surface area contributed by atoms with E-state index in [9.17, 15) is 4.79 Å². The van der Waals surface area contributed by atoms with E-state index in [1.165, 1.54) is 0 Å². The highest BCUT2D eigenvalue weighted by Gasteiger charge is 2.10. The Morgan fingerprint density at radius 1 is 1.00 bits per heavy atom. The normalized spacial score (nSPS) is 10.9. The number of aromatic amines is 1. The topological polar surface area (TPSA) is 105 Å². The molecule has 0 unspecified atom stereocenters. The molecule has 4 rings (SSSR count). The Labute approximate surface area is 167 Å². The minimum atomic E-state index is -0.474. The Bertz CT molecular complexity index is 1260. The van der Waals surface area contributed by atoms with Gasteiger partial charge in [0.15, 0.2) is 5.58 Å². The minimum Gasteiger partial charge on any atom is -0.497 e. The molecule has 0 amide bonds. The smallest absolute Gasteiger partial charge is 0.417 e. The number of nitrogens with one attached hydrogen (secondary N) is 3. The molecule has 2 aromatic carbocycles. The summed E-state index contributed by atoms with van der Waals surface area (Å²) in [6, 6.07) is 9.54. The maximum Gasteiger partial charge on any atom is 0.417 e. The number of ether oxygens (including phenoxy) is 1. The summed E-state index contributed by atoms with van der Waals surface area (Å²) >= 11 is 0.